The van der Waals surface area contributed by atoms with Crippen molar-refractivity contribution in [2.24, 2.45) is 0 Å². The van der Waals surface area contributed by atoms with Gasteiger partial charge in [0.15, 0.2) is 0 Å². The van der Waals surface area contributed by atoms with Crippen LogP contribution in [0.5, 0.6) is 0 Å². The van der Waals surface area contributed by atoms with E-state index in [2.05, 4.69) is 24.0 Å². The van der Waals surface area contributed by atoms with E-state index in [1.54, 1.807) is 0 Å². The Hall–Kier alpha value is -3.69. The highest BCUT2D eigenvalue weighted by Gasteiger charge is 2.48. The van der Waals surface area contributed by atoms with Gasteiger partial charge in [-0.1, -0.05) is 91.3 Å². The van der Waals surface area contributed by atoms with Crippen LogP contribution < -0.4 is 0 Å². The van der Waals surface area contributed by atoms with E-state index in [0.717, 1.165) is 73.4 Å². The number of halogens is 3. The van der Waals surface area contributed by atoms with E-state index in [4.69, 9.17) is 5.73 Å². The maximum Gasteiger partial charge on any atom is 0.370 e. The lowest BCUT2D eigenvalue weighted by atomic mass is 9.74. The van der Waals surface area contributed by atoms with Crippen molar-refractivity contribution in [3.05, 3.63) is 101 Å². The zero-order valence-electron chi connectivity index (χ0n) is 23.8. The molecule has 42 heavy (non-hydrogen) atoms. The average Bonchev–Trinajstić information content (AvgIpc) is 3.28. The lowest BCUT2D eigenvalue weighted by Crippen LogP contribution is -2.49. The first-order chi connectivity index (χ1) is 20.0. The summed E-state index contributed by atoms with van der Waals surface area (Å²) < 4.78 is 31.8. The van der Waals surface area contributed by atoms with Crippen LogP contribution in [0.25, 0.3) is 16.9 Å². The molecule has 0 aromatic heterocycles. The van der Waals surface area contributed by atoms with Crippen LogP contribution in [-0.4, -0.2) is 72.2 Å². The van der Waals surface area contributed by atoms with Crippen LogP contribution in [0.15, 0.2) is 72.8 Å². The Kier molecular flexibility index (Phi) is 10.1. The number of nitrogens with zero attached hydrogens (tertiary/aromatic N) is 2. The first-order valence-electron chi connectivity index (χ1n) is 14.2. The van der Waals surface area contributed by atoms with Gasteiger partial charge in [0.1, 0.15) is 5.41 Å². The van der Waals surface area contributed by atoms with E-state index in [0.29, 0.717) is 12.8 Å². The molecule has 1 fully saturated rings. The first kappa shape index (κ1) is 31.3. The quantitative estimate of drug-likeness (QED) is 0.308. The highest BCUT2D eigenvalue weighted by molar-refractivity contribution is 5.97. The van der Waals surface area contributed by atoms with Gasteiger partial charge in [0.25, 0.3) is 0 Å². The third-order valence-corrected chi connectivity index (χ3v) is 8.11. The molecule has 224 valence electrons. The number of alkyl halides is 3. The van der Waals surface area contributed by atoms with E-state index in [-0.39, 0.29) is 5.91 Å². The molecule has 5 rings (SSSR count). The number of benzene rings is 3. The molecule has 1 aliphatic carbocycles. The number of hydrogen-bond donors (Lipinski definition) is 1. The second kappa shape index (κ2) is 13.5. The van der Waals surface area contributed by atoms with Crippen LogP contribution in [0.3, 0.4) is 0 Å². The number of rotatable bonds is 8. The van der Waals surface area contributed by atoms with E-state index in [1.807, 2.05) is 65.6 Å². The van der Waals surface area contributed by atoms with Crippen molar-refractivity contribution < 1.29 is 27.9 Å². The van der Waals surface area contributed by atoms with Crippen LogP contribution in [-0.2, 0) is 21.4 Å². The van der Waals surface area contributed by atoms with Crippen molar-refractivity contribution in [1.82, 2.24) is 9.80 Å². The van der Waals surface area contributed by atoms with Gasteiger partial charge in [-0.15, -0.1) is 0 Å². The summed E-state index contributed by atoms with van der Waals surface area (Å²) >= 11 is 0. The second-order valence-corrected chi connectivity index (χ2v) is 10.9. The molecule has 0 spiro atoms. The number of fused-ring (bicyclic) bond motifs is 3. The fourth-order valence-corrected chi connectivity index (χ4v) is 5.87. The number of amides is 1. The van der Waals surface area contributed by atoms with Gasteiger partial charge in [0.2, 0.25) is 5.91 Å². The Labute approximate surface area is 244 Å². The molecule has 0 atom stereocenters. The molecule has 2 N–H and O–H groups in total. The number of carbonyl (C=O) groups excluding carboxylic acids is 1. The van der Waals surface area contributed by atoms with Crippen LogP contribution >= 0.6 is 0 Å². The van der Waals surface area contributed by atoms with Crippen molar-refractivity contribution in [3.8, 4) is 11.1 Å². The third-order valence-electron chi connectivity index (χ3n) is 8.11. The van der Waals surface area contributed by atoms with E-state index in [1.165, 1.54) is 5.56 Å². The minimum Gasteiger partial charge on any atom is -0.670 e. The molecule has 0 bridgehead atoms. The van der Waals surface area contributed by atoms with Crippen LogP contribution in [0.4, 0.5) is 13.2 Å². The normalized spacial score (nSPS) is 15.8. The average molecular weight is 581 g/mol. The summed E-state index contributed by atoms with van der Waals surface area (Å²) in [6.45, 7) is 4.75. The number of aliphatic carboxylic acids is 1. The maximum absolute atomic E-state index is 12.7. The highest BCUT2D eigenvalue weighted by Crippen LogP contribution is 2.51. The van der Waals surface area contributed by atoms with Gasteiger partial charge in [0.05, 0.1) is 6.42 Å². The lowest BCUT2D eigenvalue weighted by Gasteiger charge is -2.35. The number of unbranched alkanes of at least 4 members (excludes halogenated alkanes) is 1. The molecule has 0 saturated carbocycles. The van der Waals surface area contributed by atoms with Gasteiger partial charge in [-0.25, -0.2) is 0 Å². The van der Waals surface area contributed by atoms with Gasteiger partial charge >= 0.3 is 12.1 Å². The van der Waals surface area contributed by atoms with E-state index >= 15 is 0 Å². The van der Waals surface area contributed by atoms with Gasteiger partial charge in [-0.05, 0) is 54.1 Å². The number of carboxylic acid groups (broad SMARTS) is 1. The summed E-state index contributed by atoms with van der Waals surface area (Å²) in [4.78, 5) is 29.8. The molecular weight excluding hydrogens is 543 g/mol. The smallest absolute Gasteiger partial charge is 0.370 e. The Morgan fingerprint density at radius 2 is 1.38 bits per heavy atom. The fraction of sp³-hybridized carbons (Fsp3) is 0.394. The maximum atomic E-state index is 12.7. The molecule has 1 amide bonds. The molecule has 3 aromatic carbocycles. The zero-order chi connectivity index (χ0) is 30.3. The molecule has 6 nitrogen and oxygen atoms in total. The van der Waals surface area contributed by atoms with Crippen molar-refractivity contribution >= 4 is 11.9 Å². The first-order valence-corrected chi connectivity index (χ1v) is 14.2. The number of piperazine rings is 1. The Balaban J connectivity index is 0.000000612. The number of carbonyl (C=O) groups is 2. The van der Waals surface area contributed by atoms with Crippen LogP contribution in [0, 0.1) is 6.92 Å². The minimum atomic E-state index is -4.29. The van der Waals surface area contributed by atoms with Gasteiger partial charge < -0.3 is 15.7 Å². The largest absolute Gasteiger partial charge is 0.670 e. The summed E-state index contributed by atoms with van der Waals surface area (Å²) in [5.41, 5.74) is 10.9. The van der Waals surface area contributed by atoms with Crippen LogP contribution in [0.1, 0.15) is 41.5 Å². The monoisotopic (exact) mass is 580 g/mol. The lowest BCUT2D eigenvalue weighted by molar-refractivity contribution is -0.142. The van der Waals surface area contributed by atoms with Gasteiger partial charge in [-0.2, -0.15) is 13.2 Å². The second-order valence-electron chi connectivity index (χ2n) is 10.9. The van der Waals surface area contributed by atoms with Crippen molar-refractivity contribution in [3.63, 3.8) is 0 Å². The molecule has 0 radical (unpaired) electrons. The Morgan fingerprint density at radius 3 is 1.88 bits per heavy atom. The summed E-state index contributed by atoms with van der Waals surface area (Å²) in [5, 5.41) is 10.5. The Bertz CT molecular complexity index is 1320. The minimum absolute atomic E-state index is 0.195. The highest BCUT2D eigenvalue weighted by atomic mass is 19.4. The molecule has 1 aliphatic heterocycles. The predicted octanol–water partition coefficient (Wildman–Crippen LogP) is 6.50. The van der Waals surface area contributed by atoms with Gasteiger partial charge in [0, 0.05) is 26.2 Å². The predicted molar refractivity (Wildman–Crippen MR) is 157 cm³/mol. The summed E-state index contributed by atoms with van der Waals surface area (Å²) in [7, 11) is 0. The topological polar surface area (TPSA) is 84.7 Å². The Morgan fingerprint density at radius 1 is 0.857 bits per heavy atom. The summed E-state index contributed by atoms with van der Waals surface area (Å²) in [6, 6.07) is 24.1. The van der Waals surface area contributed by atoms with Crippen molar-refractivity contribution in [2.75, 3.05) is 39.3 Å². The molecule has 1 saturated heterocycles. The molecule has 0 unspecified atom stereocenters. The van der Waals surface area contributed by atoms with Crippen molar-refractivity contribution in [1.29, 1.82) is 0 Å². The third kappa shape index (κ3) is 7.20. The van der Waals surface area contributed by atoms with E-state index in [9.17, 15) is 27.9 Å². The number of aryl methyl sites for hydroxylation is 1. The van der Waals surface area contributed by atoms with Crippen LogP contribution in [0.2, 0.25) is 0 Å². The number of nitrogens with one attached hydrogen (secondary N) is 1. The van der Waals surface area contributed by atoms with Crippen molar-refractivity contribution in [2.45, 2.75) is 44.2 Å². The SMILES string of the molecule is Cc1ccc(CC(=O)N2CCN(CCCCC3(C(=O)O)c4ccccc4-c4ccccc43)CC2)cc1.[NH-]CC(F)(F)F. The zero-order valence-corrected chi connectivity index (χ0v) is 23.8. The fourth-order valence-electron chi connectivity index (χ4n) is 5.87. The molecule has 3 aromatic rings. The standard InChI is InChI=1S/C31H34N2O3.C2H3F3N/c1-23-12-14-24(15-13-23)22-29(34)33-20-18-32(19-21-33)17-7-6-16-31(30(35)36)27-10-4-2-8-25(27)26-9-3-5-11-28(26)31;3-2(4,5)1-6/h2-5,8-15H,6-7,16-22H2,1H3,(H,35,36);6H,1H2/q;-1. The summed E-state index contributed by atoms with van der Waals surface area (Å²) in [6.07, 6.45) is -1.47. The van der Waals surface area contributed by atoms with Gasteiger partial charge in [-0.3, -0.25) is 14.5 Å². The number of carboxylic acids is 1. The number of hydrogen-bond acceptors (Lipinski definition) is 3. The summed E-state index contributed by atoms with van der Waals surface area (Å²) in [5.74, 6) is -0.568. The van der Waals surface area contributed by atoms with E-state index < -0.39 is 24.1 Å². The molecule has 1 heterocycles. The molecule has 2 aliphatic rings. The molecular formula is C33H37F3N3O3-. The molecule has 9 heteroatoms.